The van der Waals surface area contributed by atoms with Crippen molar-refractivity contribution < 1.29 is 28.5 Å². The van der Waals surface area contributed by atoms with Crippen molar-refractivity contribution in [3.05, 3.63) is 36.4 Å². The summed E-state index contributed by atoms with van der Waals surface area (Å²) in [4.78, 5) is 23.6. The first kappa shape index (κ1) is 20.3. The Kier molecular flexibility index (Phi) is 7.29. The minimum atomic E-state index is -0.666. The largest absolute Gasteiger partial charge is 0.489 e. The lowest BCUT2D eigenvalue weighted by Crippen LogP contribution is -2.40. The molecule has 1 amide bonds. The van der Waals surface area contributed by atoms with Crippen LogP contribution in [0.5, 0.6) is 11.5 Å². The topological polar surface area (TPSA) is 83.1 Å². The Morgan fingerprint density at radius 2 is 2.00 bits per heavy atom. The highest BCUT2D eigenvalue weighted by atomic mass is 16.6. The number of hydrogen-bond donors (Lipinski definition) is 1. The van der Waals surface area contributed by atoms with Crippen molar-refractivity contribution in [1.82, 2.24) is 5.32 Å². The lowest BCUT2D eigenvalue weighted by molar-refractivity contribution is 0.0412. The summed E-state index contributed by atoms with van der Waals surface area (Å²) in [5.41, 5.74) is -0.391. The van der Waals surface area contributed by atoms with Crippen molar-refractivity contribution in [2.75, 3.05) is 13.7 Å². The zero-order valence-electron chi connectivity index (χ0n) is 15.3. The second kappa shape index (κ2) is 8.96. The summed E-state index contributed by atoms with van der Waals surface area (Å²) in [6, 6.07) is 4.70. The Bertz CT molecular complexity index is 620. The average Bonchev–Trinajstić information content (AvgIpc) is 2.50. The van der Waals surface area contributed by atoms with Crippen LogP contribution in [-0.4, -0.2) is 37.6 Å². The van der Waals surface area contributed by atoms with Gasteiger partial charge in [0.2, 0.25) is 0 Å². The number of methoxy groups -OCH3 is 1. The molecule has 0 heterocycles. The summed E-state index contributed by atoms with van der Waals surface area (Å²) in [5, 5.41) is 2.55. The van der Waals surface area contributed by atoms with Crippen LogP contribution in [0.25, 0.3) is 0 Å². The summed E-state index contributed by atoms with van der Waals surface area (Å²) in [7, 11) is 1.28. The van der Waals surface area contributed by atoms with E-state index in [2.05, 4.69) is 11.9 Å². The molecule has 0 radical (unpaired) electrons. The molecule has 0 aromatic heterocycles. The lowest BCUT2D eigenvalue weighted by Gasteiger charge is -2.22. The van der Waals surface area contributed by atoms with Crippen molar-refractivity contribution >= 4 is 12.1 Å². The molecule has 0 aliphatic rings. The van der Waals surface area contributed by atoms with Gasteiger partial charge in [0.05, 0.1) is 7.11 Å². The molecule has 7 heteroatoms. The Hall–Kier alpha value is -2.70. The molecule has 7 nitrogen and oxygen atoms in total. The fourth-order valence-electron chi connectivity index (χ4n) is 1.83. The molecule has 0 saturated carbocycles. The van der Waals surface area contributed by atoms with Gasteiger partial charge in [-0.3, -0.25) is 5.32 Å². The van der Waals surface area contributed by atoms with E-state index in [1.54, 1.807) is 45.9 Å². The third-order valence-electron chi connectivity index (χ3n) is 2.75. The molecule has 25 heavy (non-hydrogen) atoms. The van der Waals surface area contributed by atoms with E-state index in [0.29, 0.717) is 11.5 Å². The normalized spacial score (nSPS) is 11.9. The van der Waals surface area contributed by atoms with Gasteiger partial charge >= 0.3 is 12.1 Å². The minimum absolute atomic E-state index is 0.214. The number of rotatable bonds is 7. The second-order valence-electron chi connectivity index (χ2n) is 6.16. The fraction of sp³-hybridized carbons (Fsp3) is 0.444. The number of carbonyl (C=O) groups excluding carboxylic acids is 2. The molecule has 0 aliphatic carbocycles. The van der Waals surface area contributed by atoms with Crippen LogP contribution in [0.15, 0.2) is 30.9 Å². The standard InChI is InChI=1S/C18H25NO6/c1-7-10-23-15-9-8-13(11-14(15)16(20)22-6)24-12(2)19-17(21)25-18(3,4)5/h7-9,11-12H,1,10H2,2-6H3,(H,19,21). The van der Waals surface area contributed by atoms with Crippen LogP contribution in [0, 0.1) is 0 Å². The third kappa shape index (κ3) is 7.15. The van der Waals surface area contributed by atoms with Crippen LogP contribution < -0.4 is 14.8 Å². The maximum Gasteiger partial charge on any atom is 0.410 e. The van der Waals surface area contributed by atoms with E-state index in [0.717, 1.165) is 0 Å². The Morgan fingerprint density at radius 1 is 1.32 bits per heavy atom. The SMILES string of the molecule is C=CCOc1ccc(OC(C)NC(=O)OC(C)(C)C)cc1C(=O)OC. The highest BCUT2D eigenvalue weighted by molar-refractivity contribution is 5.93. The molecular weight excluding hydrogens is 326 g/mol. The molecule has 1 rings (SSSR count). The van der Waals surface area contributed by atoms with Crippen molar-refractivity contribution in [3.8, 4) is 11.5 Å². The van der Waals surface area contributed by atoms with E-state index in [-0.39, 0.29) is 12.2 Å². The molecule has 0 saturated heterocycles. The third-order valence-corrected chi connectivity index (χ3v) is 2.75. The van der Waals surface area contributed by atoms with Crippen molar-refractivity contribution in [2.45, 2.75) is 39.5 Å². The number of carbonyl (C=O) groups is 2. The van der Waals surface area contributed by atoms with Crippen LogP contribution >= 0.6 is 0 Å². The van der Waals surface area contributed by atoms with Gasteiger partial charge in [0, 0.05) is 0 Å². The first-order chi connectivity index (χ1) is 11.7. The number of amides is 1. The maximum absolute atomic E-state index is 11.9. The predicted octanol–water partition coefficient (Wildman–Crippen LogP) is 3.29. The summed E-state index contributed by atoms with van der Waals surface area (Å²) >= 11 is 0. The van der Waals surface area contributed by atoms with Gasteiger partial charge in [-0.05, 0) is 45.9 Å². The van der Waals surface area contributed by atoms with Crippen LogP contribution in [0.3, 0.4) is 0 Å². The highest BCUT2D eigenvalue weighted by Gasteiger charge is 2.19. The first-order valence-corrected chi connectivity index (χ1v) is 7.78. The first-order valence-electron chi connectivity index (χ1n) is 7.78. The smallest absolute Gasteiger partial charge is 0.410 e. The van der Waals surface area contributed by atoms with Crippen LogP contribution in [0.2, 0.25) is 0 Å². The van der Waals surface area contributed by atoms with Gasteiger partial charge in [-0.25, -0.2) is 9.59 Å². The number of hydrogen-bond acceptors (Lipinski definition) is 6. The zero-order valence-corrected chi connectivity index (χ0v) is 15.3. The fourth-order valence-corrected chi connectivity index (χ4v) is 1.83. The molecule has 0 fully saturated rings. The number of nitrogens with one attached hydrogen (secondary N) is 1. The zero-order chi connectivity index (χ0) is 19.0. The van der Waals surface area contributed by atoms with E-state index in [9.17, 15) is 9.59 Å². The minimum Gasteiger partial charge on any atom is -0.489 e. The summed E-state index contributed by atoms with van der Waals surface area (Å²) in [6.07, 6.45) is 0.303. The van der Waals surface area contributed by atoms with E-state index >= 15 is 0 Å². The summed E-state index contributed by atoms with van der Waals surface area (Å²) in [6.45, 7) is 10.8. The van der Waals surface area contributed by atoms with Crippen LogP contribution in [0.1, 0.15) is 38.1 Å². The number of benzene rings is 1. The molecule has 1 N–H and O–H groups in total. The van der Waals surface area contributed by atoms with Gasteiger partial charge in [0.15, 0.2) is 6.23 Å². The number of ether oxygens (including phenoxy) is 4. The van der Waals surface area contributed by atoms with Crippen molar-refractivity contribution in [1.29, 1.82) is 0 Å². The second-order valence-corrected chi connectivity index (χ2v) is 6.16. The Labute approximate surface area is 147 Å². The van der Waals surface area contributed by atoms with Crippen molar-refractivity contribution in [2.24, 2.45) is 0 Å². The maximum atomic E-state index is 11.9. The quantitative estimate of drug-likeness (QED) is 0.461. The van der Waals surface area contributed by atoms with E-state index in [1.807, 2.05) is 0 Å². The van der Waals surface area contributed by atoms with Crippen LogP contribution in [-0.2, 0) is 9.47 Å². The Balaban J connectivity index is 2.82. The van der Waals surface area contributed by atoms with Gasteiger partial charge in [-0.2, -0.15) is 0 Å². The van der Waals surface area contributed by atoms with Crippen molar-refractivity contribution in [3.63, 3.8) is 0 Å². The Morgan fingerprint density at radius 3 is 2.56 bits per heavy atom. The molecule has 0 aliphatic heterocycles. The van der Waals surface area contributed by atoms with Crippen LogP contribution in [0.4, 0.5) is 4.79 Å². The molecular formula is C18H25NO6. The molecule has 1 aromatic rings. The van der Waals surface area contributed by atoms with E-state index in [4.69, 9.17) is 18.9 Å². The highest BCUT2D eigenvalue weighted by Crippen LogP contribution is 2.25. The lowest BCUT2D eigenvalue weighted by atomic mass is 10.2. The molecule has 138 valence electrons. The van der Waals surface area contributed by atoms with Gasteiger partial charge in [0.1, 0.15) is 29.3 Å². The predicted molar refractivity (Wildman–Crippen MR) is 92.9 cm³/mol. The monoisotopic (exact) mass is 351 g/mol. The summed E-state index contributed by atoms with van der Waals surface area (Å²) < 4.78 is 20.9. The van der Waals surface area contributed by atoms with Gasteiger partial charge < -0.3 is 18.9 Å². The van der Waals surface area contributed by atoms with E-state index in [1.165, 1.54) is 13.2 Å². The van der Waals surface area contributed by atoms with E-state index < -0.39 is 23.9 Å². The van der Waals surface area contributed by atoms with Gasteiger partial charge in [0.25, 0.3) is 0 Å². The molecule has 0 spiro atoms. The molecule has 1 unspecified atom stereocenters. The van der Waals surface area contributed by atoms with Gasteiger partial charge in [-0.1, -0.05) is 12.7 Å². The molecule has 0 bridgehead atoms. The number of alkyl carbamates (subject to hydrolysis) is 1. The molecule has 1 aromatic carbocycles. The molecule has 1 atom stereocenters. The summed E-state index contributed by atoms with van der Waals surface area (Å²) in [5.74, 6) is 0.166. The average molecular weight is 351 g/mol. The number of esters is 1. The van der Waals surface area contributed by atoms with Gasteiger partial charge in [-0.15, -0.1) is 0 Å².